The van der Waals surface area contributed by atoms with Crippen LogP contribution in [0.1, 0.15) is 26.3 Å². The summed E-state index contributed by atoms with van der Waals surface area (Å²) in [6.07, 6.45) is 1.22. The first-order valence-corrected chi connectivity index (χ1v) is 6.35. The summed E-state index contributed by atoms with van der Waals surface area (Å²) in [6.45, 7) is 5.30. The Balaban J connectivity index is 3.08. The molecule has 3 nitrogen and oxygen atoms in total. The van der Waals surface area contributed by atoms with E-state index in [1.54, 1.807) is 20.8 Å². The number of benzene rings is 1. The van der Waals surface area contributed by atoms with E-state index >= 15 is 0 Å². The fourth-order valence-electron chi connectivity index (χ4n) is 1.08. The van der Waals surface area contributed by atoms with Crippen LogP contribution in [0.3, 0.4) is 0 Å². The zero-order valence-electron chi connectivity index (χ0n) is 10.7. The summed E-state index contributed by atoms with van der Waals surface area (Å²) in [7, 11) is -0.124. The number of rotatable bonds is 3. The maximum Gasteiger partial charge on any atom is 0.162 e. The number of hydrogen-bond acceptors (Lipinski definition) is 2. The van der Waals surface area contributed by atoms with E-state index < -0.39 is 27.4 Å². The van der Waals surface area contributed by atoms with Crippen LogP contribution < -0.4 is 4.74 Å². The van der Waals surface area contributed by atoms with Gasteiger partial charge in [0.1, 0.15) is 16.7 Å². The second-order valence-electron chi connectivity index (χ2n) is 4.60. The second kappa shape index (κ2) is 5.56. The minimum Gasteiger partial charge on any atom is -0.496 e. The average molecular weight is 275 g/mol. The Bertz CT molecular complexity index is 496. The molecule has 0 amide bonds. The van der Waals surface area contributed by atoms with Crippen LogP contribution in [0.15, 0.2) is 16.5 Å². The van der Waals surface area contributed by atoms with Gasteiger partial charge in [-0.3, -0.25) is 0 Å². The summed E-state index contributed by atoms with van der Waals surface area (Å²) in [5.41, 5.74) is 0.244. The van der Waals surface area contributed by atoms with Crippen molar-refractivity contribution in [2.24, 2.45) is 4.40 Å². The largest absolute Gasteiger partial charge is 0.496 e. The van der Waals surface area contributed by atoms with Crippen LogP contribution in [-0.4, -0.2) is 22.3 Å². The van der Waals surface area contributed by atoms with E-state index in [9.17, 15) is 13.0 Å². The first kappa shape index (κ1) is 14.8. The fourth-order valence-corrected chi connectivity index (χ4v) is 1.61. The van der Waals surface area contributed by atoms with Crippen molar-refractivity contribution in [3.05, 3.63) is 29.3 Å². The normalized spacial score (nSPS) is 13.9. The third-order valence-electron chi connectivity index (χ3n) is 2.08. The Labute approximate surface area is 107 Å². The molecular formula is C12H15F2NO2S. The standard InChI is InChI=1S/C12H15F2NO2S/c1-12(2,3)18(16)15-7-8-5-9(13)10(14)6-11(8)17-4/h5-7H,1-4H3. The monoisotopic (exact) mass is 275 g/mol. The molecule has 0 aliphatic carbocycles. The van der Waals surface area contributed by atoms with Gasteiger partial charge in [0.05, 0.1) is 11.9 Å². The fraction of sp³-hybridized carbons (Fsp3) is 0.417. The van der Waals surface area contributed by atoms with Crippen LogP contribution in [0.2, 0.25) is 0 Å². The molecule has 1 aromatic rings. The molecular weight excluding hydrogens is 260 g/mol. The van der Waals surface area contributed by atoms with Gasteiger partial charge >= 0.3 is 0 Å². The van der Waals surface area contributed by atoms with Gasteiger partial charge in [-0.25, -0.2) is 13.0 Å². The molecule has 1 rings (SSSR count). The molecule has 6 heteroatoms. The summed E-state index contributed by atoms with van der Waals surface area (Å²) in [5, 5.41) is 0. The lowest BCUT2D eigenvalue weighted by Crippen LogP contribution is -2.19. The van der Waals surface area contributed by atoms with Crippen molar-refractivity contribution < 1.29 is 17.7 Å². The third-order valence-corrected chi connectivity index (χ3v) is 3.43. The van der Waals surface area contributed by atoms with Crippen LogP contribution in [0, 0.1) is 11.6 Å². The lowest BCUT2D eigenvalue weighted by atomic mass is 10.2. The SMILES string of the molecule is COc1cc(F)c(F)cc1C=NS(=O)C(C)(C)C. The highest BCUT2D eigenvalue weighted by Crippen LogP contribution is 2.21. The summed E-state index contributed by atoms with van der Waals surface area (Å²) in [5.74, 6) is -1.86. The molecule has 0 spiro atoms. The minimum absolute atomic E-state index is 0.142. The average Bonchev–Trinajstić information content (AvgIpc) is 2.28. The molecule has 100 valence electrons. The minimum atomic E-state index is -1.46. The van der Waals surface area contributed by atoms with Crippen LogP contribution in [-0.2, 0) is 11.0 Å². The van der Waals surface area contributed by atoms with Gasteiger partial charge in [0, 0.05) is 17.8 Å². The first-order valence-electron chi connectivity index (χ1n) is 5.25. The van der Waals surface area contributed by atoms with E-state index in [1.165, 1.54) is 13.3 Å². The first-order chi connectivity index (χ1) is 8.25. The summed E-state index contributed by atoms with van der Waals surface area (Å²) >= 11 is 0. The number of halogens is 2. The van der Waals surface area contributed by atoms with Crippen LogP contribution >= 0.6 is 0 Å². The van der Waals surface area contributed by atoms with Crippen molar-refractivity contribution in [1.82, 2.24) is 0 Å². The highest BCUT2D eigenvalue weighted by atomic mass is 32.2. The zero-order valence-corrected chi connectivity index (χ0v) is 11.5. The Morgan fingerprint density at radius 3 is 2.33 bits per heavy atom. The van der Waals surface area contributed by atoms with Gasteiger partial charge < -0.3 is 4.74 Å². The van der Waals surface area contributed by atoms with Gasteiger partial charge in [-0.1, -0.05) is 0 Å². The van der Waals surface area contributed by atoms with Crippen molar-refractivity contribution >= 4 is 17.2 Å². The van der Waals surface area contributed by atoms with E-state index in [-0.39, 0.29) is 11.3 Å². The molecule has 18 heavy (non-hydrogen) atoms. The van der Waals surface area contributed by atoms with E-state index in [0.717, 1.165) is 12.1 Å². The van der Waals surface area contributed by atoms with Gasteiger partial charge in [0.2, 0.25) is 0 Å². The number of nitrogens with zero attached hydrogens (tertiary/aromatic N) is 1. The predicted molar refractivity (Wildman–Crippen MR) is 68.4 cm³/mol. The Hall–Kier alpha value is -1.30. The molecule has 0 bridgehead atoms. The summed E-state index contributed by atoms with van der Waals surface area (Å²) in [4.78, 5) is 0. The Morgan fingerprint density at radius 1 is 1.28 bits per heavy atom. The number of methoxy groups -OCH3 is 1. The molecule has 0 N–H and O–H groups in total. The maximum atomic E-state index is 13.1. The van der Waals surface area contributed by atoms with Crippen molar-refractivity contribution in [2.45, 2.75) is 25.5 Å². The molecule has 0 aliphatic rings. The van der Waals surface area contributed by atoms with Crippen molar-refractivity contribution in [3.8, 4) is 5.75 Å². The highest BCUT2D eigenvalue weighted by molar-refractivity contribution is 7.85. The Kier molecular flexibility index (Phi) is 4.56. The smallest absolute Gasteiger partial charge is 0.162 e. The van der Waals surface area contributed by atoms with Gasteiger partial charge in [0.25, 0.3) is 0 Å². The Morgan fingerprint density at radius 2 is 1.83 bits per heavy atom. The van der Waals surface area contributed by atoms with Gasteiger partial charge in [-0.05, 0) is 26.8 Å². The van der Waals surface area contributed by atoms with E-state index in [0.29, 0.717) is 0 Å². The van der Waals surface area contributed by atoms with Gasteiger partial charge in [-0.2, -0.15) is 4.40 Å². The topological polar surface area (TPSA) is 38.7 Å². The molecule has 0 heterocycles. The van der Waals surface area contributed by atoms with E-state index in [4.69, 9.17) is 4.74 Å². The van der Waals surface area contributed by atoms with Crippen LogP contribution in [0.5, 0.6) is 5.75 Å². The molecule has 0 aromatic heterocycles. The van der Waals surface area contributed by atoms with Crippen molar-refractivity contribution in [2.75, 3.05) is 7.11 Å². The van der Waals surface area contributed by atoms with Gasteiger partial charge in [0.15, 0.2) is 11.6 Å². The molecule has 1 atom stereocenters. The number of hydrogen-bond donors (Lipinski definition) is 0. The molecule has 1 aromatic carbocycles. The quantitative estimate of drug-likeness (QED) is 0.796. The van der Waals surface area contributed by atoms with Gasteiger partial charge in [-0.15, -0.1) is 0 Å². The summed E-state index contributed by atoms with van der Waals surface area (Å²) in [6, 6.07) is 1.88. The van der Waals surface area contributed by atoms with Crippen LogP contribution in [0.25, 0.3) is 0 Å². The predicted octanol–water partition coefficient (Wildman–Crippen LogP) is 2.85. The molecule has 1 unspecified atom stereocenters. The third kappa shape index (κ3) is 3.60. The van der Waals surface area contributed by atoms with E-state index in [1.807, 2.05) is 0 Å². The second-order valence-corrected chi connectivity index (χ2v) is 6.54. The van der Waals surface area contributed by atoms with Crippen molar-refractivity contribution in [1.29, 1.82) is 0 Å². The molecule has 0 saturated heterocycles. The molecule has 0 aliphatic heterocycles. The lowest BCUT2D eigenvalue weighted by molar-refractivity contribution is 0.405. The summed E-state index contributed by atoms with van der Waals surface area (Å²) < 4.78 is 46.0. The molecule has 0 saturated carbocycles. The highest BCUT2D eigenvalue weighted by Gasteiger charge is 2.18. The zero-order chi connectivity index (χ0) is 13.9. The lowest BCUT2D eigenvalue weighted by Gasteiger charge is -2.13. The van der Waals surface area contributed by atoms with E-state index in [2.05, 4.69) is 4.40 Å². The maximum absolute atomic E-state index is 13.1. The number of ether oxygens (including phenoxy) is 1. The van der Waals surface area contributed by atoms with Crippen LogP contribution in [0.4, 0.5) is 8.78 Å². The van der Waals surface area contributed by atoms with Crippen molar-refractivity contribution in [3.63, 3.8) is 0 Å². The molecule has 0 radical (unpaired) electrons. The molecule has 0 fully saturated rings.